The Labute approximate surface area is 190 Å². The van der Waals surface area contributed by atoms with Crippen molar-refractivity contribution in [1.29, 1.82) is 0 Å². The summed E-state index contributed by atoms with van der Waals surface area (Å²) < 4.78 is 0. The molecule has 154 valence electrons. The summed E-state index contributed by atoms with van der Waals surface area (Å²) in [6.07, 6.45) is 3.52. The van der Waals surface area contributed by atoms with Crippen molar-refractivity contribution in [2.45, 2.75) is 0 Å². The molecule has 1 fully saturated rings. The molecule has 4 aromatic rings. The minimum atomic E-state index is 0.708. The smallest absolute Gasteiger partial charge is 0.173 e. The highest BCUT2D eigenvalue weighted by atomic mass is 32.2. The largest absolute Gasteiger partial charge is 0.347 e. The standard InChI is InChI=1S/C23H20N6S2/c30-23(29-11-13-31-14-12-29)26-16-7-8-17-20(15-16)28-22(19-6-2-4-10-25-19)21(27-17)18-5-1-3-9-24-18/h1-10,15H,11-14H2,(H,26,30). The summed E-state index contributed by atoms with van der Waals surface area (Å²) in [5.74, 6) is 2.21. The molecule has 0 radical (unpaired) electrons. The fourth-order valence-corrected chi connectivity index (χ4v) is 4.67. The van der Waals surface area contributed by atoms with Gasteiger partial charge in [-0.2, -0.15) is 11.8 Å². The van der Waals surface area contributed by atoms with Crippen molar-refractivity contribution in [1.82, 2.24) is 24.8 Å². The van der Waals surface area contributed by atoms with E-state index in [2.05, 4.69) is 20.2 Å². The highest BCUT2D eigenvalue weighted by Crippen LogP contribution is 2.29. The molecular weight excluding hydrogens is 424 g/mol. The summed E-state index contributed by atoms with van der Waals surface area (Å²) in [4.78, 5) is 21.0. The van der Waals surface area contributed by atoms with Crippen LogP contribution in [-0.2, 0) is 0 Å². The number of nitrogens with zero attached hydrogens (tertiary/aromatic N) is 5. The zero-order valence-corrected chi connectivity index (χ0v) is 18.4. The van der Waals surface area contributed by atoms with E-state index in [4.69, 9.17) is 22.2 Å². The van der Waals surface area contributed by atoms with Gasteiger partial charge in [0.05, 0.1) is 22.4 Å². The Balaban J connectivity index is 1.55. The molecule has 1 N–H and O–H groups in total. The maximum absolute atomic E-state index is 5.62. The zero-order valence-electron chi connectivity index (χ0n) is 16.7. The summed E-state index contributed by atoms with van der Waals surface area (Å²) in [6.45, 7) is 1.95. The minimum Gasteiger partial charge on any atom is -0.347 e. The van der Waals surface area contributed by atoms with Crippen LogP contribution in [0.1, 0.15) is 0 Å². The van der Waals surface area contributed by atoms with Crippen LogP contribution < -0.4 is 5.32 Å². The first-order valence-corrected chi connectivity index (χ1v) is 11.6. The topological polar surface area (TPSA) is 66.8 Å². The van der Waals surface area contributed by atoms with E-state index in [0.717, 1.165) is 57.8 Å². The van der Waals surface area contributed by atoms with E-state index in [9.17, 15) is 0 Å². The number of hydrogen-bond acceptors (Lipinski definition) is 6. The summed E-state index contributed by atoms with van der Waals surface area (Å²) in [5, 5.41) is 4.11. The first kappa shape index (κ1) is 19.8. The third-order valence-corrected chi connectivity index (χ3v) is 6.33. The molecule has 1 saturated heterocycles. The number of hydrogen-bond donors (Lipinski definition) is 1. The van der Waals surface area contributed by atoms with Crippen molar-refractivity contribution >= 4 is 45.8 Å². The van der Waals surface area contributed by atoms with Crippen molar-refractivity contribution in [2.24, 2.45) is 0 Å². The Hall–Kier alpha value is -3.10. The monoisotopic (exact) mass is 444 g/mol. The highest BCUT2D eigenvalue weighted by molar-refractivity contribution is 7.99. The first-order chi connectivity index (χ1) is 15.3. The van der Waals surface area contributed by atoms with Crippen molar-refractivity contribution in [2.75, 3.05) is 29.9 Å². The molecular formula is C23H20N6S2. The Bertz CT molecular complexity index is 1210. The van der Waals surface area contributed by atoms with Crippen LogP contribution in [0.2, 0.25) is 0 Å². The summed E-state index contributed by atoms with van der Waals surface area (Å²) in [7, 11) is 0. The quantitative estimate of drug-likeness (QED) is 0.464. The average Bonchev–Trinajstić information content (AvgIpc) is 2.85. The highest BCUT2D eigenvalue weighted by Gasteiger charge is 2.17. The number of pyridine rings is 2. The zero-order chi connectivity index (χ0) is 21.0. The van der Waals surface area contributed by atoms with Crippen molar-refractivity contribution in [3.05, 3.63) is 67.0 Å². The van der Waals surface area contributed by atoms with Crippen LogP contribution in [0, 0.1) is 0 Å². The van der Waals surface area contributed by atoms with E-state index in [0.29, 0.717) is 11.4 Å². The van der Waals surface area contributed by atoms with Gasteiger partial charge in [0, 0.05) is 42.7 Å². The summed E-state index contributed by atoms with van der Waals surface area (Å²) in [5.41, 5.74) is 5.44. The molecule has 0 unspecified atom stereocenters. The lowest BCUT2D eigenvalue weighted by molar-refractivity contribution is 0.470. The Morgan fingerprint density at radius 3 is 2.10 bits per heavy atom. The second-order valence-electron chi connectivity index (χ2n) is 7.08. The lowest BCUT2D eigenvalue weighted by Crippen LogP contribution is -2.40. The van der Waals surface area contributed by atoms with E-state index in [1.807, 2.05) is 66.4 Å². The van der Waals surface area contributed by atoms with Crippen LogP contribution in [0.3, 0.4) is 0 Å². The molecule has 1 aromatic carbocycles. The summed E-state index contributed by atoms with van der Waals surface area (Å²) in [6, 6.07) is 17.5. The minimum absolute atomic E-state index is 0.708. The second kappa shape index (κ2) is 8.95. The molecule has 6 nitrogen and oxygen atoms in total. The fraction of sp³-hybridized carbons (Fsp3) is 0.174. The third-order valence-electron chi connectivity index (χ3n) is 5.03. The van der Waals surface area contributed by atoms with Crippen LogP contribution >= 0.6 is 24.0 Å². The molecule has 0 spiro atoms. The fourth-order valence-electron chi connectivity index (χ4n) is 3.46. The van der Waals surface area contributed by atoms with Crippen molar-refractivity contribution in [3.63, 3.8) is 0 Å². The van der Waals surface area contributed by atoms with Gasteiger partial charge < -0.3 is 10.2 Å². The average molecular weight is 445 g/mol. The number of benzene rings is 1. The SMILES string of the molecule is S=C(Nc1ccc2nc(-c3ccccn3)c(-c3ccccn3)nc2c1)N1CCSCC1. The third kappa shape index (κ3) is 4.35. The van der Waals surface area contributed by atoms with Gasteiger partial charge in [0.25, 0.3) is 0 Å². The summed E-state index contributed by atoms with van der Waals surface area (Å²) >= 11 is 7.58. The molecule has 0 saturated carbocycles. The van der Waals surface area contributed by atoms with Gasteiger partial charge in [-0.05, 0) is 54.7 Å². The molecule has 0 atom stereocenters. The molecule has 0 amide bonds. The lowest BCUT2D eigenvalue weighted by Gasteiger charge is -2.29. The Kier molecular flexibility index (Phi) is 5.73. The van der Waals surface area contributed by atoms with Crippen LogP contribution in [0.5, 0.6) is 0 Å². The van der Waals surface area contributed by atoms with Gasteiger partial charge in [0.15, 0.2) is 5.11 Å². The van der Waals surface area contributed by atoms with E-state index >= 15 is 0 Å². The molecule has 1 aliphatic heterocycles. The maximum atomic E-state index is 5.62. The number of fused-ring (bicyclic) bond motifs is 1. The van der Waals surface area contributed by atoms with E-state index in [-0.39, 0.29) is 0 Å². The van der Waals surface area contributed by atoms with Crippen molar-refractivity contribution < 1.29 is 0 Å². The molecule has 31 heavy (non-hydrogen) atoms. The normalized spacial score (nSPS) is 13.9. The van der Waals surface area contributed by atoms with Gasteiger partial charge in [-0.15, -0.1) is 0 Å². The number of thioether (sulfide) groups is 1. The molecule has 3 aromatic heterocycles. The van der Waals surface area contributed by atoms with Gasteiger partial charge in [0.1, 0.15) is 11.4 Å². The molecule has 4 heterocycles. The van der Waals surface area contributed by atoms with Crippen LogP contribution in [0.25, 0.3) is 33.8 Å². The lowest BCUT2D eigenvalue weighted by atomic mass is 10.1. The molecule has 0 aliphatic carbocycles. The van der Waals surface area contributed by atoms with Crippen LogP contribution in [-0.4, -0.2) is 54.5 Å². The van der Waals surface area contributed by atoms with Gasteiger partial charge in [0.2, 0.25) is 0 Å². The van der Waals surface area contributed by atoms with Crippen molar-refractivity contribution in [3.8, 4) is 22.8 Å². The van der Waals surface area contributed by atoms with Gasteiger partial charge >= 0.3 is 0 Å². The van der Waals surface area contributed by atoms with E-state index in [1.165, 1.54) is 0 Å². The van der Waals surface area contributed by atoms with Gasteiger partial charge in [-0.3, -0.25) is 9.97 Å². The van der Waals surface area contributed by atoms with E-state index in [1.54, 1.807) is 12.4 Å². The molecule has 0 bridgehead atoms. The van der Waals surface area contributed by atoms with Crippen LogP contribution in [0.15, 0.2) is 67.0 Å². The van der Waals surface area contributed by atoms with Crippen LogP contribution in [0.4, 0.5) is 5.69 Å². The number of aromatic nitrogens is 4. The first-order valence-electron chi connectivity index (χ1n) is 10.1. The Morgan fingerprint density at radius 2 is 1.48 bits per heavy atom. The predicted molar refractivity (Wildman–Crippen MR) is 131 cm³/mol. The molecule has 8 heteroatoms. The van der Waals surface area contributed by atoms with E-state index < -0.39 is 0 Å². The number of rotatable bonds is 3. The Morgan fingerprint density at radius 1 is 0.839 bits per heavy atom. The van der Waals surface area contributed by atoms with Gasteiger partial charge in [-0.1, -0.05) is 12.1 Å². The second-order valence-corrected chi connectivity index (χ2v) is 8.70. The predicted octanol–water partition coefficient (Wildman–Crippen LogP) is 4.50. The number of thiocarbonyl (C=S) groups is 1. The molecule has 5 rings (SSSR count). The number of nitrogens with one attached hydrogen (secondary N) is 1. The maximum Gasteiger partial charge on any atom is 0.173 e. The number of anilines is 1. The van der Waals surface area contributed by atoms with Gasteiger partial charge in [-0.25, -0.2) is 9.97 Å². The molecule has 1 aliphatic rings.